The molecule has 2 unspecified atom stereocenters. The van der Waals surface area contributed by atoms with Crippen LogP contribution in [0, 0.1) is 17.7 Å². The molecular weight excluding hydrogens is 483 g/mol. The minimum atomic E-state index is -3.41. The molecule has 5 atom stereocenters. The molecule has 1 amide bonds. The lowest BCUT2D eigenvalue weighted by atomic mass is 10.0. The van der Waals surface area contributed by atoms with Gasteiger partial charge in [0.1, 0.15) is 11.9 Å². The average Bonchev–Trinajstić information content (AvgIpc) is 3.54. The third-order valence-electron chi connectivity index (χ3n) is 7.47. The highest BCUT2D eigenvalue weighted by Crippen LogP contribution is 2.52. The van der Waals surface area contributed by atoms with Crippen LogP contribution < -0.4 is 16.2 Å². The van der Waals surface area contributed by atoms with Crippen LogP contribution in [0.2, 0.25) is 0 Å². The number of anilines is 1. The zero-order valence-electron chi connectivity index (χ0n) is 20.0. The van der Waals surface area contributed by atoms with Crippen molar-refractivity contribution < 1.29 is 26.7 Å². The van der Waals surface area contributed by atoms with Crippen LogP contribution in [0.25, 0.3) is 0 Å². The predicted molar refractivity (Wildman–Crippen MR) is 123 cm³/mol. The molecule has 2 aliphatic carbocycles. The van der Waals surface area contributed by atoms with E-state index >= 15 is 0 Å². The highest BCUT2D eigenvalue weighted by atomic mass is 19.3. The summed E-state index contributed by atoms with van der Waals surface area (Å²) in [6, 6.07) is 2.39. The predicted octanol–water partition coefficient (Wildman–Crippen LogP) is 4.14. The van der Waals surface area contributed by atoms with Gasteiger partial charge in [0.15, 0.2) is 0 Å². The Kier molecular flexibility index (Phi) is 5.70. The van der Waals surface area contributed by atoms with Gasteiger partial charge in [-0.25, -0.2) is 22.0 Å². The molecule has 0 radical (unpaired) electrons. The fourth-order valence-electron chi connectivity index (χ4n) is 5.30. The van der Waals surface area contributed by atoms with Crippen molar-refractivity contribution >= 4 is 11.6 Å². The van der Waals surface area contributed by atoms with Crippen molar-refractivity contribution in [3.63, 3.8) is 0 Å². The largest absolute Gasteiger partial charge is 0.381 e. The van der Waals surface area contributed by atoms with Gasteiger partial charge < -0.3 is 20.1 Å². The molecular formula is C25H27F5N4O2. The maximum atomic E-state index is 14.8. The van der Waals surface area contributed by atoms with Gasteiger partial charge in [-0.1, -0.05) is 18.2 Å². The number of carbonyl (C=O) groups is 1. The van der Waals surface area contributed by atoms with Gasteiger partial charge in [0, 0.05) is 50.3 Å². The molecule has 0 bridgehead atoms. The molecule has 2 N–H and O–H groups in total. The fourth-order valence-corrected chi connectivity index (χ4v) is 5.30. The Morgan fingerprint density at radius 1 is 1.22 bits per heavy atom. The maximum absolute atomic E-state index is 14.8. The number of nitrogens with zero attached hydrogens (tertiary/aromatic N) is 2. The first-order valence-electron chi connectivity index (χ1n) is 11.8. The Bertz CT molecular complexity index is 1260. The summed E-state index contributed by atoms with van der Waals surface area (Å²) in [5.41, 5.74) is -1.42. The number of nitrogens with one attached hydrogen (secondary N) is 2. The highest BCUT2D eigenvalue weighted by molar-refractivity contribution is 5.99. The van der Waals surface area contributed by atoms with Gasteiger partial charge in [-0.05, 0) is 25.8 Å². The molecule has 3 aliphatic rings. The van der Waals surface area contributed by atoms with Crippen LogP contribution >= 0.6 is 0 Å². The van der Waals surface area contributed by atoms with E-state index in [-0.39, 0.29) is 22.9 Å². The molecule has 1 aromatic heterocycles. The van der Waals surface area contributed by atoms with E-state index < -0.39 is 53.2 Å². The Hall–Kier alpha value is -2.95. The lowest BCUT2D eigenvalue weighted by Crippen LogP contribution is -2.32. The number of likely N-dealkylation sites (tertiary alicyclic amines) is 1. The van der Waals surface area contributed by atoms with Gasteiger partial charge in [-0.3, -0.25) is 9.59 Å². The summed E-state index contributed by atoms with van der Waals surface area (Å²) >= 11 is 0. The second kappa shape index (κ2) is 8.29. The Balaban J connectivity index is 1.43. The van der Waals surface area contributed by atoms with Crippen LogP contribution in [0.3, 0.4) is 0 Å². The second-order valence-corrected chi connectivity index (χ2v) is 10.3. The van der Waals surface area contributed by atoms with Crippen molar-refractivity contribution in [1.29, 1.82) is 0 Å². The van der Waals surface area contributed by atoms with Gasteiger partial charge in [0.25, 0.3) is 23.3 Å². The number of aromatic nitrogens is 1. The zero-order valence-corrected chi connectivity index (χ0v) is 20.0. The summed E-state index contributed by atoms with van der Waals surface area (Å²) < 4.78 is 70.7. The second-order valence-electron chi connectivity index (χ2n) is 10.3. The first-order valence-corrected chi connectivity index (χ1v) is 11.8. The van der Waals surface area contributed by atoms with Crippen molar-refractivity contribution in [2.45, 2.75) is 50.2 Å². The maximum Gasteiger partial charge on any atom is 0.273 e. The molecule has 0 spiro atoms. The number of amides is 1. The summed E-state index contributed by atoms with van der Waals surface area (Å²) in [4.78, 5) is 28.1. The SMILES string of the molecule is C[C@@H](NC(=O)c1cn([C@H]2CC2(F)F)c(=O)cc1NC1C2CN(C)C[C@@H]21)c1cccc(C(C)(F)F)c1F. The fraction of sp³-hybridized carbons (Fsp3) is 0.520. The van der Waals surface area contributed by atoms with Crippen LogP contribution in [-0.2, 0) is 5.92 Å². The highest BCUT2D eigenvalue weighted by Gasteiger charge is 2.59. The van der Waals surface area contributed by atoms with Crippen LogP contribution in [-0.4, -0.2) is 47.5 Å². The number of carbonyl (C=O) groups excluding carboxylic acids is 1. The number of piperidine rings is 1. The first-order chi connectivity index (χ1) is 16.8. The number of hydrogen-bond donors (Lipinski definition) is 2. The molecule has 194 valence electrons. The van der Waals surface area contributed by atoms with Gasteiger partial charge in [0.05, 0.1) is 22.9 Å². The Labute approximate surface area is 204 Å². The van der Waals surface area contributed by atoms with E-state index in [0.717, 1.165) is 36.0 Å². The van der Waals surface area contributed by atoms with E-state index in [2.05, 4.69) is 15.5 Å². The monoisotopic (exact) mass is 510 g/mol. The number of halogens is 5. The third-order valence-corrected chi connectivity index (χ3v) is 7.47. The molecule has 6 nitrogen and oxygen atoms in total. The number of fused-ring (bicyclic) bond motifs is 1. The van der Waals surface area contributed by atoms with Crippen molar-refractivity contribution in [3.8, 4) is 0 Å². The van der Waals surface area contributed by atoms with E-state index in [1.807, 2.05) is 7.05 Å². The zero-order chi connectivity index (χ0) is 26.2. The van der Waals surface area contributed by atoms with E-state index in [1.54, 1.807) is 0 Å². The number of hydrogen-bond acceptors (Lipinski definition) is 4. The molecule has 36 heavy (non-hydrogen) atoms. The first kappa shape index (κ1) is 24.7. The number of pyridine rings is 1. The lowest BCUT2D eigenvalue weighted by molar-refractivity contribution is 0.0135. The summed E-state index contributed by atoms with van der Waals surface area (Å²) in [5, 5.41) is 5.80. The van der Waals surface area contributed by atoms with Crippen molar-refractivity contribution in [3.05, 3.63) is 63.3 Å². The minimum absolute atomic E-state index is 0.0418. The summed E-state index contributed by atoms with van der Waals surface area (Å²) in [6.45, 7) is 3.75. The molecule has 1 aliphatic heterocycles. The van der Waals surface area contributed by atoms with Crippen LogP contribution in [0.4, 0.5) is 27.6 Å². The molecule has 11 heteroatoms. The van der Waals surface area contributed by atoms with Gasteiger partial charge >= 0.3 is 0 Å². The Morgan fingerprint density at radius 2 is 1.86 bits per heavy atom. The topological polar surface area (TPSA) is 66.4 Å². The van der Waals surface area contributed by atoms with E-state index in [4.69, 9.17) is 0 Å². The summed E-state index contributed by atoms with van der Waals surface area (Å²) in [5.74, 6) is -7.61. The van der Waals surface area contributed by atoms with Crippen LogP contribution in [0.5, 0.6) is 0 Å². The van der Waals surface area contributed by atoms with Crippen molar-refractivity contribution in [2.24, 2.45) is 11.8 Å². The molecule has 1 saturated heterocycles. The molecule has 2 saturated carbocycles. The van der Waals surface area contributed by atoms with E-state index in [1.165, 1.54) is 19.1 Å². The molecule has 3 fully saturated rings. The van der Waals surface area contributed by atoms with Crippen molar-refractivity contribution in [2.75, 3.05) is 25.5 Å². The van der Waals surface area contributed by atoms with Gasteiger partial charge in [-0.15, -0.1) is 0 Å². The smallest absolute Gasteiger partial charge is 0.273 e. The van der Waals surface area contributed by atoms with E-state index in [0.29, 0.717) is 18.8 Å². The Morgan fingerprint density at radius 3 is 2.44 bits per heavy atom. The molecule has 2 heterocycles. The molecule has 2 aromatic rings. The summed E-state index contributed by atoms with van der Waals surface area (Å²) in [7, 11) is 2.00. The van der Waals surface area contributed by atoms with Crippen molar-refractivity contribution in [1.82, 2.24) is 14.8 Å². The molecule has 1 aromatic carbocycles. The number of alkyl halides is 4. The lowest BCUT2D eigenvalue weighted by Gasteiger charge is -2.21. The van der Waals surface area contributed by atoms with Crippen LogP contribution in [0.1, 0.15) is 53.8 Å². The number of benzene rings is 1. The average molecular weight is 511 g/mol. The van der Waals surface area contributed by atoms with Gasteiger partial charge in [0.2, 0.25) is 0 Å². The van der Waals surface area contributed by atoms with E-state index in [9.17, 15) is 31.5 Å². The minimum Gasteiger partial charge on any atom is -0.381 e. The quantitative estimate of drug-likeness (QED) is 0.550. The van der Waals surface area contributed by atoms with Gasteiger partial charge in [-0.2, -0.15) is 0 Å². The van der Waals surface area contributed by atoms with Crippen LogP contribution in [0.15, 0.2) is 35.3 Å². The standard InChI is InChI=1S/C25H27F5N4O2/c1-12(13-5-4-6-17(21(13)26)24(2,27)28)31-23(36)16-11-34(19-8-25(19,29)30)20(35)7-18(16)32-22-14-9-33(3)10-15(14)22/h4-7,11-12,14-15,19,22,32H,8-10H2,1-3H3,(H,31,36)/t12-,14+,15?,19+,22?/m1/s1. The summed E-state index contributed by atoms with van der Waals surface area (Å²) in [6.07, 6.45) is 0.606. The molecule has 5 rings (SSSR count). The normalized spacial score (nSPS) is 27.3. The third kappa shape index (κ3) is 4.38. The number of rotatable bonds is 7.